The molecule has 2 aromatic rings. The summed E-state index contributed by atoms with van der Waals surface area (Å²) in [6.07, 6.45) is 2.19. The van der Waals surface area contributed by atoms with Gasteiger partial charge in [0.05, 0.1) is 11.1 Å². The molecule has 0 spiro atoms. The number of likely N-dealkylation sites (tertiary alicyclic amines) is 1. The molecule has 1 saturated heterocycles. The summed E-state index contributed by atoms with van der Waals surface area (Å²) in [5.41, 5.74) is 1.19. The molecule has 0 saturated carbocycles. The van der Waals surface area contributed by atoms with Crippen molar-refractivity contribution in [3.05, 3.63) is 52.3 Å². The van der Waals surface area contributed by atoms with Gasteiger partial charge in [-0.25, -0.2) is 4.39 Å². The molecule has 1 fully saturated rings. The zero-order chi connectivity index (χ0) is 21.8. The Morgan fingerprint density at radius 2 is 1.90 bits per heavy atom. The van der Waals surface area contributed by atoms with Crippen molar-refractivity contribution >= 4 is 15.9 Å². The van der Waals surface area contributed by atoms with Gasteiger partial charge in [0.2, 0.25) is 6.79 Å². The molecule has 0 unspecified atom stereocenters. The first-order chi connectivity index (χ1) is 15.0. The molecule has 0 aliphatic carbocycles. The third kappa shape index (κ3) is 5.70. The van der Waals surface area contributed by atoms with Gasteiger partial charge in [0, 0.05) is 24.6 Å². The third-order valence-electron chi connectivity index (χ3n) is 6.08. The second-order valence-corrected chi connectivity index (χ2v) is 9.47. The molecule has 0 bridgehead atoms. The first-order valence-corrected chi connectivity index (χ1v) is 11.6. The quantitative estimate of drug-likeness (QED) is 0.530. The number of piperidine rings is 1. The molecule has 2 atom stereocenters. The van der Waals surface area contributed by atoms with Crippen LogP contribution in [-0.4, -0.2) is 63.5 Å². The highest BCUT2D eigenvalue weighted by molar-refractivity contribution is 9.10. The van der Waals surface area contributed by atoms with Crippen molar-refractivity contribution in [1.82, 2.24) is 9.80 Å². The molecular weight excluding hydrogens is 463 g/mol. The molecule has 2 heterocycles. The predicted octanol–water partition coefficient (Wildman–Crippen LogP) is 4.75. The number of fused-ring (bicyclic) bond motifs is 1. The van der Waals surface area contributed by atoms with Gasteiger partial charge in [-0.3, -0.25) is 0 Å². The van der Waals surface area contributed by atoms with E-state index in [4.69, 9.17) is 14.2 Å². The van der Waals surface area contributed by atoms with Crippen LogP contribution in [0.5, 0.6) is 17.2 Å². The summed E-state index contributed by atoms with van der Waals surface area (Å²) in [6, 6.07) is 10.7. The van der Waals surface area contributed by atoms with E-state index in [0.29, 0.717) is 24.2 Å². The van der Waals surface area contributed by atoms with E-state index in [1.807, 2.05) is 24.3 Å². The highest BCUT2D eigenvalue weighted by atomic mass is 79.9. The van der Waals surface area contributed by atoms with Crippen molar-refractivity contribution in [2.45, 2.75) is 18.8 Å². The number of hydrogen-bond donors (Lipinski definition) is 0. The van der Waals surface area contributed by atoms with Gasteiger partial charge in [-0.15, -0.1) is 0 Å². The zero-order valence-corrected chi connectivity index (χ0v) is 19.7. The van der Waals surface area contributed by atoms with Gasteiger partial charge in [0.15, 0.2) is 11.5 Å². The Labute approximate surface area is 192 Å². The van der Waals surface area contributed by atoms with Gasteiger partial charge in [0.1, 0.15) is 11.6 Å². The maximum atomic E-state index is 13.5. The van der Waals surface area contributed by atoms with E-state index >= 15 is 0 Å². The highest BCUT2D eigenvalue weighted by Gasteiger charge is 2.31. The van der Waals surface area contributed by atoms with Crippen LogP contribution in [0.25, 0.3) is 0 Å². The van der Waals surface area contributed by atoms with Crippen LogP contribution >= 0.6 is 15.9 Å². The summed E-state index contributed by atoms with van der Waals surface area (Å²) in [7, 11) is 4.22. The first-order valence-electron chi connectivity index (χ1n) is 10.8. The van der Waals surface area contributed by atoms with Crippen molar-refractivity contribution in [1.29, 1.82) is 0 Å². The topological polar surface area (TPSA) is 34.2 Å². The average Bonchev–Trinajstić information content (AvgIpc) is 3.20. The lowest BCUT2D eigenvalue weighted by molar-refractivity contribution is 0.108. The number of rotatable bonds is 8. The smallest absolute Gasteiger partial charge is 0.231 e. The molecule has 7 heteroatoms. The highest BCUT2D eigenvalue weighted by Crippen LogP contribution is 2.41. The fraction of sp³-hybridized carbons (Fsp3) is 0.500. The molecule has 2 aliphatic heterocycles. The number of benzene rings is 2. The maximum absolute atomic E-state index is 13.5. The minimum atomic E-state index is -0.193. The Kier molecular flexibility index (Phi) is 7.35. The fourth-order valence-corrected chi connectivity index (χ4v) is 4.88. The largest absolute Gasteiger partial charge is 0.492 e. The average molecular weight is 493 g/mol. The van der Waals surface area contributed by atoms with Gasteiger partial charge in [0.25, 0.3) is 0 Å². The molecule has 0 aromatic heterocycles. The van der Waals surface area contributed by atoms with Crippen LogP contribution in [0.15, 0.2) is 40.9 Å². The summed E-state index contributed by atoms with van der Waals surface area (Å²) in [5, 5.41) is 0. The van der Waals surface area contributed by atoms with E-state index in [0.717, 1.165) is 55.0 Å². The predicted molar refractivity (Wildman–Crippen MR) is 123 cm³/mol. The van der Waals surface area contributed by atoms with Crippen molar-refractivity contribution in [2.75, 3.05) is 53.7 Å². The van der Waals surface area contributed by atoms with E-state index in [1.54, 1.807) is 12.1 Å². The number of nitrogens with zero attached hydrogens (tertiary/aromatic N) is 2. The molecule has 5 nitrogen and oxygen atoms in total. The molecule has 0 N–H and O–H groups in total. The molecule has 168 valence electrons. The minimum Gasteiger partial charge on any atom is -0.492 e. The van der Waals surface area contributed by atoms with Crippen molar-refractivity contribution in [3.8, 4) is 17.2 Å². The molecule has 4 rings (SSSR count). The monoisotopic (exact) mass is 492 g/mol. The van der Waals surface area contributed by atoms with Crippen LogP contribution < -0.4 is 14.2 Å². The molecule has 0 radical (unpaired) electrons. The maximum Gasteiger partial charge on any atom is 0.231 e. The van der Waals surface area contributed by atoms with Gasteiger partial charge in [-0.1, -0.05) is 12.1 Å². The van der Waals surface area contributed by atoms with Gasteiger partial charge < -0.3 is 24.0 Å². The summed E-state index contributed by atoms with van der Waals surface area (Å²) >= 11 is 3.59. The standard InChI is InChI=1S/C24H30BrFN2O3/c1-27(2)9-3-10-28-11-8-20(17-4-6-19(26)7-5-17)18(14-28)15-29-22-13-24-23(12-21(22)25)30-16-31-24/h4-7,12-13,18,20H,3,8-11,14-16H2,1-2H3/t18-,20-/m0/s1. The van der Waals surface area contributed by atoms with Crippen LogP contribution in [0.1, 0.15) is 24.3 Å². The second-order valence-electron chi connectivity index (χ2n) is 8.61. The molecular formula is C24H30BrFN2O3. The lowest BCUT2D eigenvalue weighted by Crippen LogP contribution is -2.42. The summed E-state index contributed by atoms with van der Waals surface area (Å²) in [6.45, 7) is 5.02. The van der Waals surface area contributed by atoms with E-state index < -0.39 is 0 Å². The fourth-order valence-electron chi connectivity index (χ4n) is 4.44. The van der Waals surface area contributed by atoms with E-state index in [2.05, 4.69) is 39.8 Å². The second kappa shape index (κ2) is 10.2. The third-order valence-corrected chi connectivity index (χ3v) is 6.70. The minimum absolute atomic E-state index is 0.193. The lowest BCUT2D eigenvalue weighted by Gasteiger charge is -2.39. The Bertz CT molecular complexity index is 878. The summed E-state index contributed by atoms with van der Waals surface area (Å²) < 4.78 is 31.5. The summed E-state index contributed by atoms with van der Waals surface area (Å²) in [5.74, 6) is 2.67. The molecule has 2 aromatic carbocycles. The van der Waals surface area contributed by atoms with Crippen LogP contribution in [0, 0.1) is 11.7 Å². The van der Waals surface area contributed by atoms with Crippen molar-refractivity contribution in [3.63, 3.8) is 0 Å². The molecule has 2 aliphatic rings. The Balaban J connectivity index is 1.46. The van der Waals surface area contributed by atoms with E-state index in [1.165, 1.54) is 5.56 Å². The number of hydrogen-bond acceptors (Lipinski definition) is 5. The SMILES string of the molecule is CN(C)CCCN1CC[C@@H](c2ccc(F)cc2)[C@H](COc2cc3c(cc2Br)OCO3)C1. The molecule has 31 heavy (non-hydrogen) atoms. The Morgan fingerprint density at radius 1 is 1.16 bits per heavy atom. The Morgan fingerprint density at radius 3 is 2.65 bits per heavy atom. The van der Waals surface area contributed by atoms with Crippen molar-refractivity contribution < 1.29 is 18.6 Å². The Hall–Kier alpha value is -1.83. The normalized spacial score (nSPS) is 20.9. The first kappa shape index (κ1) is 22.4. The summed E-state index contributed by atoms with van der Waals surface area (Å²) in [4.78, 5) is 4.76. The number of ether oxygens (including phenoxy) is 3. The van der Waals surface area contributed by atoms with Gasteiger partial charge in [-0.2, -0.15) is 0 Å². The van der Waals surface area contributed by atoms with Crippen LogP contribution in [0.4, 0.5) is 4.39 Å². The molecule has 0 amide bonds. The van der Waals surface area contributed by atoms with Crippen LogP contribution in [-0.2, 0) is 0 Å². The number of halogens is 2. The van der Waals surface area contributed by atoms with E-state index in [9.17, 15) is 4.39 Å². The van der Waals surface area contributed by atoms with E-state index in [-0.39, 0.29) is 12.6 Å². The zero-order valence-electron chi connectivity index (χ0n) is 18.2. The van der Waals surface area contributed by atoms with Crippen molar-refractivity contribution in [2.24, 2.45) is 5.92 Å². The van der Waals surface area contributed by atoms with Crippen LogP contribution in [0.3, 0.4) is 0 Å². The lowest BCUT2D eigenvalue weighted by atomic mass is 9.80. The van der Waals surface area contributed by atoms with Gasteiger partial charge >= 0.3 is 0 Å². The van der Waals surface area contributed by atoms with Gasteiger partial charge in [-0.05, 0) is 86.1 Å². The van der Waals surface area contributed by atoms with Crippen LogP contribution in [0.2, 0.25) is 0 Å².